The van der Waals surface area contributed by atoms with Crippen molar-refractivity contribution in [2.75, 3.05) is 0 Å². The summed E-state index contributed by atoms with van der Waals surface area (Å²) in [5.41, 5.74) is 1.08. The normalized spacial score (nSPS) is 10.9. The predicted octanol–water partition coefficient (Wildman–Crippen LogP) is 2.97. The monoisotopic (exact) mass is 248 g/mol. The van der Waals surface area contributed by atoms with Crippen LogP contribution in [0.3, 0.4) is 0 Å². The summed E-state index contributed by atoms with van der Waals surface area (Å²) in [7, 11) is 0. The molecule has 94 valence electrons. The molecule has 0 unspecified atom stereocenters. The lowest BCUT2D eigenvalue weighted by atomic mass is 10.1. The number of benzene rings is 1. The Hall–Kier alpha value is -2.17. The average Bonchev–Trinajstić information content (AvgIpc) is 2.78. The summed E-state index contributed by atoms with van der Waals surface area (Å²) in [6, 6.07) is 4.24. The molecule has 0 aliphatic carbocycles. The zero-order valence-corrected chi connectivity index (χ0v) is 10.1. The van der Waals surface area contributed by atoms with Crippen LogP contribution in [0.15, 0.2) is 30.7 Å². The third kappa shape index (κ3) is 2.11. The second-order valence-corrected chi connectivity index (χ2v) is 4.28. The highest BCUT2D eigenvalue weighted by Crippen LogP contribution is 2.24. The van der Waals surface area contributed by atoms with Crippen LogP contribution in [0.5, 0.6) is 0 Å². The Kier molecular flexibility index (Phi) is 3.14. The molecule has 0 saturated heterocycles. The number of nitrogens with zero attached hydrogens (tertiary/aromatic N) is 2. The first-order chi connectivity index (χ1) is 8.50. The molecule has 18 heavy (non-hydrogen) atoms. The number of hydrogen-bond acceptors (Lipinski definition) is 2. The van der Waals surface area contributed by atoms with E-state index in [9.17, 15) is 9.18 Å². The molecule has 0 aliphatic heterocycles. The van der Waals surface area contributed by atoms with Crippen molar-refractivity contribution in [2.45, 2.75) is 19.9 Å². The number of aromatic nitrogens is 2. The van der Waals surface area contributed by atoms with Gasteiger partial charge in [0, 0.05) is 11.6 Å². The Morgan fingerprint density at radius 1 is 1.44 bits per heavy atom. The van der Waals surface area contributed by atoms with Crippen molar-refractivity contribution in [1.29, 1.82) is 0 Å². The van der Waals surface area contributed by atoms with Crippen molar-refractivity contribution < 1.29 is 14.3 Å². The highest BCUT2D eigenvalue weighted by molar-refractivity contribution is 5.89. The number of aromatic carboxylic acids is 1. The van der Waals surface area contributed by atoms with Crippen LogP contribution in [0.25, 0.3) is 11.3 Å². The van der Waals surface area contributed by atoms with Crippen LogP contribution >= 0.6 is 0 Å². The second-order valence-electron chi connectivity index (χ2n) is 4.28. The van der Waals surface area contributed by atoms with Crippen LogP contribution in [0.4, 0.5) is 4.39 Å². The molecule has 0 radical (unpaired) electrons. The maximum absolute atomic E-state index is 13.3. The molecule has 0 saturated carbocycles. The summed E-state index contributed by atoms with van der Waals surface area (Å²) in [6.45, 7) is 3.99. The second kappa shape index (κ2) is 4.60. The van der Waals surface area contributed by atoms with E-state index in [1.807, 2.05) is 18.4 Å². The third-order valence-corrected chi connectivity index (χ3v) is 2.71. The Bertz CT molecular complexity index is 590. The van der Waals surface area contributed by atoms with E-state index < -0.39 is 11.8 Å². The Balaban J connectivity index is 2.54. The maximum Gasteiger partial charge on any atom is 0.338 e. The summed E-state index contributed by atoms with van der Waals surface area (Å²) >= 11 is 0. The molecule has 0 fully saturated rings. The molecule has 0 atom stereocenters. The van der Waals surface area contributed by atoms with E-state index in [2.05, 4.69) is 4.98 Å². The summed E-state index contributed by atoms with van der Waals surface area (Å²) in [5, 5.41) is 8.90. The first kappa shape index (κ1) is 12.3. The molecular formula is C13H13FN2O2. The first-order valence-corrected chi connectivity index (χ1v) is 5.55. The van der Waals surface area contributed by atoms with E-state index in [4.69, 9.17) is 5.11 Å². The highest BCUT2D eigenvalue weighted by Gasteiger charge is 2.14. The first-order valence-electron chi connectivity index (χ1n) is 5.55. The van der Waals surface area contributed by atoms with Crippen molar-refractivity contribution in [2.24, 2.45) is 0 Å². The maximum atomic E-state index is 13.3. The minimum absolute atomic E-state index is 0.195. The van der Waals surface area contributed by atoms with Crippen molar-refractivity contribution in [3.63, 3.8) is 0 Å². The van der Waals surface area contributed by atoms with Gasteiger partial charge in [-0.2, -0.15) is 0 Å². The number of carboxylic acids is 1. The molecule has 0 aliphatic rings. The van der Waals surface area contributed by atoms with Crippen LogP contribution in [0.1, 0.15) is 30.2 Å². The fourth-order valence-corrected chi connectivity index (χ4v) is 1.79. The zero-order valence-electron chi connectivity index (χ0n) is 10.1. The molecular weight excluding hydrogens is 235 g/mol. The van der Waals surface area contributed by atoms with Gasteiger partial charge in [-0.15, -0.1) is 0 Å². The summed E-state index contributed by atoms with van der Waals surface area (Å²) in [4.78, 5) is 14.9. The fourth-order valence-electron chi connectivity index (χ4n) is 1.79. The predicted molar refractivity (Wildman–Crippen MR) is 65.0 cm³/mol. The standard InChI is InChI=1S/C13H13FN2O2/c1-8(2)16-7-15-6-12(16)9-3-4-11(14)10(5-9)13(17)18/h3-8H,1-2H3,(H,17,18). The number of rotatable bonds is 3. The van der Waals surface area contributed by atoms with E-state index >= 15 is 0 Å². The number of carboxylic acid groups (broad SMARTS) is 1. The molecule has 2 rings (SSSR count). The van der Waals surface area contributed by atoms with E-state index in [1.54, 1.807) is 18.6 Å². The molecule has 4 nitrogen and oxygen atoms in total. The summed E-state index contributed by atoms with van der Waals surface area (Å²) in [5.74, 6) is -2.01. The largest absolute Gasteiger partial charge is 0.478 e. The molecule has 5 heteroatoms. The quantitative estimate of drug-likeness (QED) is 0.908. The molecule has 0 amide bonds. The average molecular weight is 248 g/mol. The van der Waals surface area contributed by atoms with E-state index in [-0.39, 0.29) is 11.6 Å². The van der Waals surface area contributed by atoms with Crippen LogP contribution in [0, 0.1) is 5.82 Å². The van der Waals surface area contributed by atoms with Crippen LogP contribution in [-0.4, -0.2) is 20.6 Å². The number of halogens is 1. The van der Waals surface area contributed by atoms with Crippen LogP contribution in [-0.2, 0) is 0 Å². The van der Waals surface area contributed by atoms with Gasteiger partial charge in [-0.05, 0) is 32.0 Å². The minimum atomic E-state index is -1.27. The van der Waals surface area contributed by atoms with Gasteiger partial charge < -0.3 is 9.67 Å². The summed E-state index contributed by atoms with van der Waals surface area (Å²) < 4.78 is 15.2. The van der Waals surface area contributed by atoms with Gasteiger partial charge >= 0.3 is 5.97 Å². The summed E-state index contributed by atoms with van der Waals surface area (Å²) in [6.07, 6.45) is 3.31. The molecule has 0 bridgehead atoms. The number of hydrogen-bond donors (Lipinski definition) is 1. The molecule has 1 heterocycles. The van der Waals surface area contributed by atoms with Crippen LogP contribution < -0.4 is 0 Å². The molecule has 0 spiro atoms. The Labute approximate surface area is 104 Å². The zero-order chi connectivity index (χ0) is 13.3. The Morgan fingerprint density at radius 2 is 2.17 bits per heavy atom. The highest BCUT2D eigenvalue weighted by atomic mass is 19.1. The number of carbonyl (C=O) groups is 1. The smallest absolute Gasteiger partial charge is 0.338 e. The van der Waals surface area contributed by atoms with E-state index in [1.165, 1.54) is 6.07 Å². The molecule has 1 aromatic carbocycles. The van der Waals surface area contributed by atoms with Gasteiger partial charge in [-0.3, -0.25) is 0 Å². The minimum Gasteiger partial charge on any atom is -0.478 e. The van der Waals surface area contributed by atoms with Crippen molar-refractivity contribution >= 4 is 5.97 Å². The van der Waals surface area contributed by atoms with Gasteiger partial charge in [0.05, 0.1) is 23.8 Å². The van der Waals surface area contributed by atoms with Gasteiger partial charge in [0.1, 0.15) is 5.82 Å². The topological polar surface area (TPSA) is 55.1 Å². The van der Waals surface area contributed by atoms with Gasteiger partial charge in [-0.1, -0.05) is 0 Å². The lowest BCUT2D eigenvalue weighted by molar-refractivity contribution is 0.0692. The van der Waals surface area contributed by atoms with Gasteiger partial charge in [-0.25, -0.2) is 14.2 Å². The van der Waals surface area contributed by atoms with Crippen molar-refractivity contribution in [3.05, 3.63) is 42.1 Å². The van der Waals surface area contributed by atoms with Crippen molar-refractivity contribution in [1.82, 2.24) is 9.55 Å². The van der Waals surface area contributed by atoms with E-state index in [0.717, 1.165) is 11.8 Å². The SMILES string of the molecule is CC(C)n1cncc1-c1ccc(F)c(C(=O)O)c1. The Morgan fingerprint density at radius 3 is 2.78 bits per heavy atom. The van der Waals surface area contributed by atoms with Crippen molar-refractivity contribution in [3.8, 4) is 11.3 Å². The van der Waals surface area contributed by atoms with Crippen LogP contribution in [0.2, 0.25) is 0 Å². The van der Waals surface area contributed by atoms with Gasteiger partial charge in [0.15, 0.2) is 0 Å². The lowest BCUT2D eigenvalue weighted by Crippen LogP contribution is -2.04. The third-order valence-electron chi connectivity index (χ3n) is 2.71. The van der Waals surface area contributed by atoms with Gasteiger partial charge in [0.25, 0.3) is 0 Å². The van der Waals surface area contributed by atoms with Gasteiger partial charge in [0.2, 0.25) is 0 Å². The fraction of sp³-hybridized carbons (Fsp3) is 0.231. The lowest BCUT2D eigenvalue weighted by Gasteiger charge is -2.12. The molecule has 2 aromatic rings. The molecule has 1 aromatic heterocycles. The molecule has 1 N–H and O–H groups in total. The number of imidazole rings is 1. The van der Waals surface area contributed by atoms with E-state index in [0.29, 0.717) is 5.56 Å².